The van der Waals surface area contributed by atoms with Crippen molar-refractivity contribution in [3.05, 3.63) is 84.1 Å². The maximum Gasteiger partial charge on any atom is 0.219 e. The number of imidazole rings is 1. The van der Waals surface area contributed by atoms with Crippen LogP contribution in [0.2, 0.25) is 0 Å². The first kappa shape index (κ1) is 27.8. The fraction of sp³-hybridized carbons (Fsp3) is 0.351. The third-order valence-electron chi connectivity index (χ3n) is 10.8. The van der Waals surface area contributed by atoms with E-state index in [1.165, 1.54) is 30.4 Å². The number of carbonyl (C=O) groups is 1. The van der Waals surface area contributed by atoms with Gasteiger partial charge in [-0.05, 0) is 74.7 Å². The van der Waals surface area contributed by atoms with Crippen molar-refractivity contribution in [1.29, 1.82) is 0 Å². The van der Waals surface area contributed by atoms with Gasteiger partial charge in [-0.2, -0.15) is 0 Å². The van der Waals surface area contributed by atoms with Gasteiger partial charge in [-0.1, -0.05) is 42.7 Å². The summed E-state index contributed by atoms with van der Waals surface area (Å²) >= 11 is 0. The largest absolute Gasteiger partial charge is 0.383 e. The summed E-state index contributed by atoms with van der Waals surface area (Å²) in [6.45, 7) is 8.93. The number of fused-ring (bicyclic) bond motifs is 2. The maximum absolute atomic E-state index is 12.0. The molecule has 2 unspecified atom stereocenters. The van der Waals surface area contributed by atoms with Crippen LogP contribution >= 0.6 is 0 Å². The number of aromatic nitrogens is 4. The Balaban J connectivity index is 1.24. The van der Waals surface area contributed by atoms with Crippen molar-refractivity contribution in [2.45, 2.75) is 52.5 Å². The van der Waals surface area contributed by atoms with Crippen LogP contribution in [0.1, 0.15) is 46.5 Å². The molecule has 2 N–H and O–H groups in total. The monoisotopic (exact) mass is 597 g/mol. The van der Waals surface area contributed by atoms with Crippen molar-refractivity contribution in [2.24, 2.45) is 11.3 Å². The van der Waals surface area contributed by atoms with E-state index in [0.717, 1.165) is 71.2 Å². The number of nitrogens with zero attached hydrogens (tertiary/aromatic N) is 6. The molecule has 45 heavy (non-hydrogen) atoms. The van der Waals surface area contributed by atoms with Gasteiger partial charge in [0.05, 0.1) is 17.3 Å². The highest BCUT2D eigenvalue weighted by Gasteiger charge is 2.47. The molecule has 2 saturated heterocycles. The highest BCUT2D eigenvalue weighted by atomic mass is 16.2. The van der Waals surface area contributed by atoms with Crippen molar-refractivity contribution < 1.29 is 4.79 Å². The molecule has 8 heteroatoms. The van der Waals surface area contributed by atoms with Gasteiger partial charge in [0, 0.05) is 61.0 Å². The summed E-state index contributed by atoms with van der Waals surface area (Å²) in [7, 11) is 0. The van der Waals surface area contributed by atoms with Crippen molar-refractivity contribution in [3.8, 4) is 22.6 Å². The molecule has 1 aromatic carbocycles. The molecule has 2 aliphatic carbocycles. The number of hydrogen-bond donors (Lipinski definition) is 1. The molecule has 0 bridgehead atoms. The minimum absolute atomic E-state index is 0.159. The molecule has 8 nitrogen and oxygen atoms in total. The predicted molar refractivity (Wildman–Crippen MR) is 180 cm³/mol. The van der Waals surface area contributed by atoms with Crippen LogP contribution in [-0.4, -0.2) is 56.0 Å². The van der Waals surface area contributed by atoms with E-state index in [1.54, 1.807) is 13.1 Å². The van der Waals surface area contributed by atoms with Gasteiger partial charge in [-0.3, -0.25) is 9.36 Å². The standard InChI is InChI=1S/C37H39N7O/c1-4-27-11-12-29(18-23(2)37(27)15-7-16-37)44-35(30-10-6-17-39-34(30)38)41-32-14-13-31(40-36(32)44)25-8-5-9-28(19-25)42-20-26-21-43(24(3)45)33(26)22-42/h5-6,8-14,17-19,26,33H,4,7,15-16,20-22H2,1-3H3,(H2,38,39). The highest BCUT2D eigenvalue weighted by Crippen LogP contribution is 2.54. The Morgan fingerprint density at radius 3 is 2.67 bits per heavy atom. The summed E-state index contributed by atoms with van der Waals surface area (Å²) < 4.78 is 2.16. The lowest BCUT2D eigenvalue weighted by atomic mass is 9.59. The number of benzene rings is 1. The Bertz CT molecular complexity index is 1950. The van der Waals surface area contributed by atoms with Gasteiger partial charge in [-0.15, -0.1) is 0 Å². The second kappa shape index (κ2) is 10.4. The van der Waals surface area contributed by atoms with Crippen LogP contribution in [0.15, 0.2) is 84.1 Å². The molecular formula is C37H39N7O. The summed E-state index contributed by atoms with van der Waals surface area (Å²) in [6, 6.07) is 16.9. The smallest absolute Gasteiger partial charge is 0.219 e. The van der Waals surface area contributed by atoms with Gasteiger partial charge < -0.3 is 15.5 Å². The lowest BCUT2D eigenvalue weighted by Gasteiger charge is -2.45. The van der Waals surface area contributed by atoms with E-state index in [2.05, 4.69) is 82.9 Å². The number of hydrogen-bond acceptors (Lipinski definition) is 6. The highest BCUT2D eigenvalue weighted by molar-refractivity contribution is 5.88. The van der Waals surface area contributed by atoms with E-state index in [-0.39, 0.29) is 11.3 Å². The van der Waals surface area contributed by atoms with Crippen molar-refractivity contribution >= 4 is 34.3 Å². The molecule has 3 aromatic heterocycles. The van der Waals surface area contributed by atoms with Crippen molar-refractivity contribution in [1.82, 2.24) is 24.4 Å². The molecule has 0 radical (unpaired) electrons. The average Bonchev–Trinajstić information content (AvgIpc) is 3.49. The number of nitrogen functional groups attached to an aromatic ring is 1. The van der Waals surface area contributed by atoms with E-state index in [9.17, 15) is 4.79 Å². The fourth-order valence-electron chi connectivity index (χ4n) is 8.07. The van der Waals surface area contributed by atoms with Crippen LogP contribution in [0.3, 0.4) is 0 Å². The summed E-state index contributed by atoms with van der Waals surface area (Å²) in [6.07, 6.45) is 13.3. The normalized spacial score (nSPS) is 21.9. The Hall–Kier alpha value is -4.72. The molecule has 1 spiro atoms. The molecular weight excluding hydrogens is 558 g/mol. The third kappa shape index (κ3) is 4.33. The van der Waals surface area contributed by atoms with Crippen molar-refractivity contribution in [3.63, 3.8) is 0 Å². The first-order valence-electron chi connectivity index (χ1n) is 16.2. The zero-order chi connectivity index (χ0) is 30.9. The van der Waals surface area contributed by atoms with Gasteiger partial charge in [0.2, 0.25) is 5.91 Å². The molecule has 8 rings (SSSR count). The molecule has 5 heterocycles. The lowest BCUT2D eigenvalue weighted by molar-refractivity contribution is -0.138. The van der Waals surface area contributed by atoms with E-state index in [1.807, 2.05) is 17.0 Å². The summed E-state index contributed by atoms with van der Waals surface area (Å²) in [5.74, 6) is 1.90. The molecule has 228 valence electrons. The van der Waals surface area contributed by atoms with Crippen LogP contribution in [0, 0.1) is 11.3 Å². The van der Waals surface area contributed by atoms with Crippen LogP contribution in [0.25, 0.3) is 39.5 Å². The quantitative estimate of drug-likeness (QED) is 0.275. The summed E-state index contributed by atoms with van der Waals surface area (Å²) in [5.41, 5.74) is 16.0. The average molecular weight is 598 g/mol. The van der Waals surface area contributed by atoms with Gasteiger partial charge >= 0.3 is 0 Å². The molecule has 4 aliphatic rings. The minimum atomic E-state index is 0.159. The van der Waals surface area contributed by atoms with Gasteiger partial charge in [0.15, 0.2) is 11.5 Å². The number of allylic oxidation sites excluding steroid dienone is 6. The first-order valence-corrected chi connectivity index (χ1v) is 16.2. The van der Waals surface area contributed by atoms with E-state index in [0.29, 0.717) is 17.8 Å². The number of anilines is 2. The van der Waals surface area contributed by atoms with Gasteiger partial charge in [0.1, 0.15) is 11.3 Å². The van der Waals surface area contributed by atoms with E-state index >= 15 is 0 Å². The number of carbonyl (C=O) groups excluding carboxylic acids is 1. The van der Waals surface area contributed by atoms with Crippen LogP contribution in [-0.2, 0) is 4.79 Å². The van der Waals surface area contributed by atoms with Gasteiger partial charge in [-0.25, -0.2) is 15.0 Å². The van der Waals surface area contributed by atoms with Gasteiger partial charge in [0.25, 0.3) is 0 Å². The zero-order valence-corrected chi connectivity index (χ0v) is 26.2. The predicted octanol–water partition coefficient (Wildman–Crippen LogP) is 6.72. The third-order valence-corrected chi connectivity index (χ3v) is 10.8. The number of nitrogens with two attached hydrogens (primary N) is 1. The Labute approximate surface area is 264 Å². The minimum Gasteiger partial charge on any atom is -0.383 e. The molecule has 2 atom stereocenters. The molecule has 1 saturated carbocycles. The summed E-state index contributed by atoms with van der Waals surface area (Å²) in [5, 5.41) is 0. The second-order valence-corrected chi connectivity index (χ2v) is 13.1. The topological polar surface area (TPSA) is 93.2 Å². The van der Waals surface area contributed by atoms with Crippen molar-refractivity contribution in [2.75, 3.05) is 30.3 Å². The Morgan fingerprint density at radius 2 is 1.91 bits per heavy atom. The number of likely N-dealkylation sites (tertiary alicyclic amines) is 1. The molecule has 1 amide bonds. The van der Waals surface area contributed by atoms with Crippen LogP contribution in [0.5, 0.6) is 0 Å². The van der Waals surface area contributed by atoms with Crippen LogP contribution < -0.4 is 10.6 Å². The first-order chi connectivity index (χ1) is 21.9. The SMILES string of the molecule is CCC1=CC=C(n2c(-c3cccnc3N)nc3ccc(-c4cccc(N5CC6CN(C(C)=O)C6C5)c4)nc32)C=C(C)C12CCC2. The lowest BCUT2D eigenvalue weighted by Crippen LogP contribution is -2.57. The second-order valence-electron chi connectivity index (χ2n) is 13.1. The fourth-order valence-corrected chi connectivity index (χ4v) is 8.07. The van der Waals surface area contributed by atoms with Crippen LogP contribution in [0.4, 0.5) is 11.5 Å². The zero-order valence-electron chi connectivity index (χ0n) is 26.2. The summed E-state index contributed by atoms with van der Waals surface area (Å²) in [4.78, 5) is 31.2. The Kier molecular flexibility index (Phi) is 6.45. The molecule has 4 aromatic rings. The molecule has 2 aliphatic heterocycles. The number of rotatable bonds is 5. The maximum atomic E-state index is 12.0. The Morgan fingerprint density at radius 1 is 1.04 bits per heavy atom. The number of amides is 1. The molecule has 3 fully saturated rings. The number of pyridine rings is 2. The van der Waals surface area contributed by atoms with E-state index < -0.39 is 0 Å². The van der Waals surface area contributed by atoms with E-state index in [4.69, 9.17) is 15.7 Å².